The fraction of sp³-hybridized carbons (Fsp3) is 0.636. The molecule has 0 bridgehead atoms. The summed E-state index contributed by atoms with van der Waals surface area (Å²) in [5.74, 6) is 0.483. The predicted octanol–water partition coefficient (Wildman–Crippen LogP) is 2.67. The predicted molar refractivity (Wildman–Crippen MR) is 51.9 cm³/mol. The van der Waals surface area contributed by atoms with E-state index >= 15 is 0 Å². The Morgan fingerprint density at radius 3 is 2.75 bits per heavy atom. The third-order valence-corrected chi connectivity index (χ3v) is 2.77. The molecule has 2 atom stereocenters. The van der Waals surface area contributed by atoms with E-state index in [2.05, 4.69) is 12.7 Å². The molecule has 0 saturated carbocycles. The van der Waals surface area contributed by atoms with Crippen molar-refractivity contribution in [3.8, 4) is 0 Å². The Hall–Kier alpha value is -0.560. The normalized spacial score (nSPS) is 35.1. The molecule has 1 nitrogen and oxygen atoms in total. The second-order valence-electron chi connectivity index (χ2n) is 3.81. The van der Waals surface area contributed by atoms with Crippen LogP contribution in [-0.2, 0) is 0 Å². The maximum absolute atomic E-state index is 9.86. The SMILES string of the molecule is C=C(C)[C@@H]1C=C[C@@](O)(CC)CC1. The Kier molecular flexibility index (Phi) is 2.73. The highest BCUT2D eigenvalue weighted by Gasteiger charge is 2.26. The molecule has 1 rings (SSSR count). The van der Waals surface area contributed by atoms with Gasteiger partial charge in [0.1, 0.15) is 0 Å². The van der Waals surface area contributed by atoms with E-state index in [0.29, 0.717) is 5.92 Å². The maximum atomic E-state index is 9.86. The highest BCUT2D eigenvalue weighted by Crippen LogP contribution is 2.30. The molecule has 1 aliphatic rings. The fourth-order valence-corrected chi connectivity index (χ4v) is 1.59. The minimum Gasteiger partial charge on any atom is -0.386 e. The van der Waals surface area contributed by atoms with Gasteiger partial charge in [-0.3, -0.25) is 0 Å². The van der Waals surface area contributed by atoms with Crippen molar-refractivity contribution in [3.63, 3.8) is 0 Å². The monoisotopic (exact) mass is 166 g/mol. The van der Waals surface area contributed by atoms with E-state index in [-0.39, 0.29) is 0 Å². The van der Waals surface area contributed by atoms with Crippen LogP contribution < -0.4 is 0 Å². The van der Waals surface area contributed by atoms with Crippen LogP contribution in [0.3, 0.4) is 0 Å². The number of rotatable bonds is 2. The summed E-state index contributed by atoms with van der Waals surface area (Å²) in [5.41, 5.74) is 0.663. The summed E-state index contributed by atoms with van der Waals surface area (Å²) < 4.78 is 0. The van der Waals surface area contributed by atoms with Crippen LogP contribution >= 0.6 is 0 Å². The lowest BCUT2D eigenvalue weighted by atomic mass is 9.81. The smallest absolute Gasteiger partial charge is 0.0825 e. The summed E-state index contributed by atoms with van der Waals surface area (Å²) in [7, 11) is 0. The molecular weight excluding hydrogens is 148 g/mol. The molecule has 0 spiro atoms. The Balaban J connectivity index is 2.64. The van der Waals surface area contributed by atoms with Crippen LogP contribution in [0.2, 0.25) is 0 Å². The van der Waals surface area contributed by atoms with Crippen LogP contribution in [0.1, 0.15) is 33.1 Å². The third-order valence-electron chi connectivity index (χ3n) is 2.77. The van der Waals surface area contributed by atoms with E-state index in [1.165, 1.54) is 5.57 Å². The van der Waals surface area contributed by atoms with Gasteiger partial charge in [-0.05, 0) is 32.1 Å². The first kappa shape index (κ1) is 9.53. The molecule has 0 fully saturated rings. The number of hydrogen-bond acceptors (Lipinski definition) is 1. The van der Waals surface area contributed by atoms with Crippen molar-refractivity contribution >= 4 is 0 Å². The molecule has 0 aromatic carbocycles. The Morgan fingerprint density at radius 1 is 1.75 bits per heavy atom. The van der Waals surface area contributed by atoms with Crippen LogP contribution in [0.4, 0.5) is 0 Å². The van der Waals surface area contributed by atoms with Gasteiger partial charge in [-0.15, -0.1) is 0 Å². The minimum absolute atomic E-state index is 0.483. The van der Waals surface area contributed by atoms with E-state index in [4.69, 9.17) is 0 Å². The average Bonchev–Trinajstić information content (AvgIpc) is 2.05. The van der Waals surface area contributed by atoms with Gasteiger partial charge in [-0.2, -0.15) is 0 Å². The minimum atomic E-state index is -0.536. The molecule has 0 radical (unpaired) electrons. The molecule has 1 N–H and O–H groups in total. The van der Waals surface area contributed by atoms with Gasteiger partial charge in [0.15, 0.2) is 0 Å². The molecule has 1 heteroatoms. The maximum Gasteiger partial charge on any atom is 0.0825 e. The molecule has 68 valence electrons. The van der Waals surface area contributed by atoms with Crippen molar-refractivity contribution in [2.24, 2.45) is 5.92 Å². The van der Waals surface area contributed by atoms with Crippen LogP contribution in [0.5, 0.6) is 0 Å². The molecule has 0 heterocycles. The van der Waals surface area contributed by atoms with Crippen molar-refractivity contribution in [3.05, 3.63) is 24.3 Å². The van der Waals surface area contributed by atoms with Crippen molar-refractivity contribution in [1.29, 1.82) is 0 Å². The van der Waals surface area contributed by atoms with Gasteiger partial charge in [0.05, 0.1) is 5.60 Å². The zero-order valence-corrected chi connectivity index (χ0v) is 8.01. The summed E-state index contributed by atoms with van der Waals surface area (Å²) in [4.78, 5) is 0. The van der Waals surface area contributed by atoms with E-state index in [1.807, 2.05) is 19.9 Å². The van der Waals surface area contributed by atoms with Gasteiger partial charge in [-0.25, -0.2) is 0 Å². The van der Waals surface area contributed by atoms with Crippen LogP contribution in [0, 0.1) is 5.92 Å². The molecule has 0 unspecified atom stereocenters. The zero-order valence-electron chi connectivity index (χ0n) is 8.01. The summed E-state index contributed by atoms with van der Waals surface area (Å²) in [6.07, 6.45) is 6.76. The summed E-state index contributed by atoms with van der Waals surface area (Å²) in [6.45, 7) is 7.99. The largest absolute Gasteiger partial charge is 0.386 e. The van der Waals surface area contributed by atoms with Gasteiger partial charge in [0.2, 0.25) is 0 Å². The van der Waals surface area contributed by atoms with E-state index < -0.39 is 5.60 Å². The lowest BCUT2D eigenvalue weighted by Gasteiger charge is -2.30. The van der Waals surface area contributed by atoms with Crippen LogP contribution in [0.25, 0.3) is 0 Å². The van der Waals surface area contributed by atoms with Gasteiger partial charge in [0, 0.05) is 0 Å². The lowest BCUT2D eigenvalue weighted by Crippen LogP contribution is -2.28. The van der Waals surface area contributed by atoms with Crippen LogP contribution in [0.15, 0.2) is 24.3 Å². The summed E-state index contributed by atoms with van der Waals surface area (Å²) in [6, 6.07) is 0. The highest BCUT2D eigenvalue weighted by molar-refractivity contribution is 5.15. The first-order chi connectivity index (χ1) is 5.57. The summed E-state index contributed by atoms with van der Waals surface area (Å²) >= 11 is 0. The molecule has 0 aliphatic heterocycles. The topological polar surface area (TPSA) is 20.2 Å². The van der Waals surface area contributed by atoms with Gasteiger partial charge >= 0.3 is 0 Å². The first-order valence-electron chi connectivity index (χ1n) is 4.64. The van der Waals surface area contributed by atoms with Gasteiger partial charge in [0.25, 0.3) is 0 Å². The first-order valence-corrected chi connectivity index (χ1v) is 4.64. The Morgan fingerprint density at radius 2 is 2.42 bits per heavy atom. The van der Waals surface area contributed by atoms with Crippen molar-refractivity contribution < 1.29 is 5.11 Å². The second-order valence-corrected chi connectivity index (χ2v) is 3.81. The molecule has 0 saturated heterocycles. The molecule has 0 amide bonds. The molecule has 0 aromatic rings. The fourth-order valence-electron chi connectivity index (χ4n) is 1.59. The standard InChI is InChI=1S/C11H18O/c1-4-11(12)7-5-10(6-8-11)9(2)3/h5,7,10,12H,2,4,6,8H2,1,3H3/t10-,11+/m1/s1. The Bertz CT molecular complexity index is 205. The van der Waals surface area contributed by atoms with Crippen molar-refractivity contribution in [2.45, 2.75) is 38.7 Å². The molecule has 1 aliphatic carbocycles. The van der Waals surface area contributed by atoms with Crippen LogP contribution in [-0.4, -0.2) is 10.7 Å². The lowest BCUT2D eigenvalue weighted by molar-refractivity contribution is 0.0667. The highest BCUT2D eigenvalue weighted by atomic mass is 16.3. The number of aliphatic hydroxyl groups is 1. The van der Waals surface area contributed by atoms with E-state index in [0.717, 1.165) is 19.3 Å². The van der Waals surface area contributed by atoms with Crippen molar-refractivity contribution in [1.82, 2.24) is 0 Å². The van der Waals surface area contributed by atoms with E-state index in [1.54, 1.807) is 0 Å². The van der Waals surface area contributed by atoms with Gasteiger partial charge < -0.3 is 5.11 Å². The number of allylic oxidation sites excluding steroid dienone is 2. The van der Waals surface area contributed by atoms with Crippen molar-refractivity contribution in [2.75, 3.05) is 0 Å². The molecule has 0 aromatic heterocycles. The summed E-state index contributed by atoms with van der Waals surface area (Å²) in [5, 5.41) is 9.86. The quantitative estimate of drug-likeness (QED) is 0.625. The zero-order chi connectivity index (χ0) is 9.19. The van der Waals surface area contributed by atoms with E-state index in [9.17, 15) is 5.11 Å². The number of hydrogen-bond donors (Lipinski definition) is 1. The molecule has 12 heavy (non-hydrogen) atoms. The Labute approximate surface area is 74.8 Å². The molecular formula is C11H18O. The third kappa shape index (κ3) is 1.98. The van der Waals surface area contributed by atoms with Gasteiger partial charge in [-0.1, -0.05) is 31.2 Å². The second kappa shape index (κ2) is 3.44. The average molecular weight is 166 g/mol.